The monoisotopic (exact) mass is 1020 g/mol. The third kappa shape index (κ3) is 11.7. The summed E-state index contributed by atoms with van der Waals surface area (Å²) in [4.78, 5) is 86.0. The number of allylic oxidation sites excluding steroid dienone is 2. The highest BCUT2D eigenvalue weighted by atomic mass is 32.1. The van der Waals surface area contributed by atoms with Crippen molar-refractivity contribution in [3.05, 3.63) is 58.9 Å². The van der Waals surface area contributed by atoms with E-state index in [0.717, 1.165) is 52.8 Å². The summed E-state index contributed by atoms with van der Waals surface area (Å²) in [6.45, 7) is 24.9. The number of thiazole rings is 1. The first kappa shape index (κ1) is 55.0. The molecular formula is C55H75N9O8S. The maximum absolute atomic E-state index is 14.8. The number of rotatable bonds is 12. The fourth-order valence-corrected chi connectivity index (χ4v) is 11.3. The van der Waals surface area contributed by atoms with E-state index in [-0.39, 0.29) is 62.8 Å². The molecule has 0 saturated carbocycles. The minimum absolute atomic E-state index is 0.0268. The second-order valence-corrected chi connectivity index (χ2v) is 22.3. The number of likely N-dealkylation sites (N-methyl/N-ethyl adjacent to an activating group) is 1. The largest absolute Gasteiger partial charge is 0.462 e. The summed E-state index contributed by atoms with van der Waals surface area (Å²) in [5.74, 6) is 2.30. The predicted molar refractivity (Wildman–Crippen MR) is 284 cm³/mol. The van der Waals surface area contributed by atoms with Gasteiger partial charge in [0.05, 0.1) is 41.3 Å². The SMILES string of the molecule is C=C/C(=C(\N=CC)[C@H](C)OC)c1c2c3cc(ccc3n1CC)-c1nc(cs1)C[C@H](NC(=O)[C@H](C(C)C)N(C)C(=O)[C@H]1CCN(C(=O)C#CC(C)(C)N3CCC3)C1)C(=O)N1CCC[C@@](O)(N1)C(=O)OCC(C)(C)C2. The number of aryl methyl sites for hydroxylation is 1. The lowest BCUT2D eigenvalue weighted by Crippen LogP contribution is -2.67. The van der Waals surface area contributed by atoms with Gasteiger partial charge in [-0.05, 0) is 95.9 Å². The van der Waals surface area contributed by atoms with Crippen LogP contribution in [0.4, 0.5) is 0 Å². The van der Waals surface area contributed by atoms with Crippen molar-refractivity contribution in [2.24, 2.45) is 22.2 Å². The lowest BCUT2D eigenvalue weighted by molar-refractivity contribution is -0.189. The Kier molecular flexibility index (Phi) is 16.9. The molecule has 3 saturated heterocycles. The van der Waals surface area contributed by atoms with Crippen LogP contribution >= 0.6 is 11.3 Å². The molecule has 0 radical (unpaired) electrons. The second-order valence-electron chi connectivity index (χ2n) is 21.5. The van der Waals surface area contributed by atoms with Crippen LogP contribution in [0, 0.1) is 29.1 Å². The van der Waals surface area contributed by atoms with Crippen LogP contribution in [0.1, 0.15) is 105 Å². The molecule has 2 aromatic heterocycles. The maximum atomic E-state index is 14.8. The molecule has 5 atom stereocenters. The molecule has 7 rings (SSSR count). The third-order valence-electron chi connectivity index (χ3n) is 14.8. The Morgan fingerprint density at radius 1 is 1.16 bits per heavy atom. The molecule has 73 heavy (non-hydrogen) atoms. The van der Waals surface area contributed by atoms with E-state index in [1.165, 1.54) is 21.2 Å². The van der Waals surface area contributed by atoms with Crippen LogP contribution in [0.15, 0.2) is 46.9 Å². The van der Waals surface area contributed by atoms with Crippen LogP contribution in [0.2, 0.25) is 0 Å². The van der Waals surface area contributed by atoms with Gasteiger partial charge in [-0.15, -0.1) is 11.3 Å². The van der Waals surface area contributed by atoms with Crippen molar-refractivity contribution in [3.63, 3.8) is 0 Å². The zero-order chi connectivity index (χ0) is 53.2. The van der Waals surface area contributed by atoms with Gasteiger partial charge in [-0.25, -0.2) is 9.78 Å². The van der Waals surface area contributed by atoms with Crippen molar-refractivity contribution < 1.29 is 38.6 Å². The number of amides is 4. The minimum atomic E-state index is -2.25. The lowest BCUT2D eigenvalue weighted by atomic mass is 9.84. The van der Waals surface area contributed by atoms with Crippen molar-refractivity contribution in [2.45, 2.75) is 137 Å². The molecule has 3 aromatic rings. The number of nitrogens with zero attached hydrogens (tertiary/aromatic N) is 7. The van der Waals surface area contributed by atoms with Gasteiger partial charge in [0.1, 0.15) is 17.1 Å². The number of aliphatic hydroxyl groups is 1. The number of fused-ring (bicyclic) bond motifs is 6. The first-order chi connectivity index (χ1) is 34.6. The van der Waals surface area contributed by atoms with E-state index in [1.54, 1.807) is 25.3 Å². The van der Waals surface area contributed by atoms with Crippen molar-refractivity contribution in [3.8, 4) is 22.4 Å². The van der Waals surface area contributed by atoms with Crippen LogP contribution in [0.5, 0.6) is 0 Å². The van der Waals surface area contributed by atoms with Crippen LogP contribution < -0.4 is 10.7 Å². The Hall–Kier alpha value is -5.71. The zero-order valence-corrected chi connectivity index (χ0v) is 45.4. The number of aromatic nitrogens is 2. The Morgan fingerprint density at radius 3 is 2.55 bits per heavy atom. The number of cyclic esters (lactones) is 1. The average Bonchev–Trinajstić information content (AvgIpc) is 4.09. The minimum Gasteiger partial charge on any atom is -0.462 e. The van der Waals surface area contributed by atoms with Crippen molar-refractivity contribution in [1.29, 1.82) is 0 Å². The molecule has 0 aliphatic carbocycles. The van der Waals surface area contributed by atoms with Gasteiger partial charge in [-0.3, -0.25) is 34.1 Å². The van der Waals surface area contributed by atoms with E-state index in [1.807, 2.05) is 72.9 Å². The quantitative estimate of drug-likeness (QED) is 0.0887. The van der Waals surface area contributed by atoms with Gasteiger partial charge < -0.3 is 34.3 Å². The molecule has 4 aliphatic heterocycles. The van der Waals surface area contributed by atoms with Gasteiger partial charge in [-0.2, -0.15) is 5.43 Å². The predicted octanol–water partition coefficient (Wildman–Crippen LogP) is 5.60. The number of nitrogens with one attached hydrogen (secondary N) is 2. The summed E-state index contributed by atoms with van der Waals surface area (Å²) in [5, 5.41) is 19.6. The first-order valence-electron chi connectivity index (χ1n) is 25.7. The highest BCUT2D eigenvalue weighted by Crippen LogP contribution is 2.41. The van der Waals surface area contributed by atoms with E-state index < -0.39 is 52.5 Å². The fourth-order valence-electron chi connectivity index (χ4n) is 10.5. The van der Waals surface area contributed by atoms with Gasteiger partial charge in [0.2, 0.25) is 17.5 Å². The molecule has 394 valence electrons. The number of hydrogen-bond acceptors (Lipinski definition) is 13. The number of benzene rings is 1. The number of aliphatic imine (C=N–C) groups is 1. The van der Waals surface area contributed by atoms with Crippen LogP contribution in [-0.4, -0.2) is 153 Å². The third-order valence-corrected chi connectivity index (χ3v) is 15.7. The van der Waals surface area contributed by atoms with E-state index in [9.17, 15) is 29.1 Å². The Morgan fingerprint density at radius 2 is 1.90 bits per heavy atom. The first-order valence-corrected chi connectivity index (χ1v) is 26.6. The zero-order valence-electron chi connectivity index (χ0n) is 44.6. The van der Waals surface area contributed by atoms with E-state index in [2.05, 4.69) is 57.7 Å². The van der Waals surface area contributed by atoms with Gasteiger partial charge in [0.15, 0.2) is 0 Å². The smallest absolute Gasteiger partial charge is 0.355 e. The number of hydrogen-bond donors (Lipinski definition) is 3. The van der Waals surface area contributed by atoms with E-state index in [0.29, 0.717) is 42.3 Å². The van der Waals surface area contributed by atoms with Crippen LogP contribution in [-0.2, 0) is 52.8 Å². The molecule has 4 aliphatic rings. The lowest BCUT2D eigenvalue weighted by Gasteiger charge is -2.41. The van der Waals surface area contributed by atoms with E-state index in [4.69, 9.17) is 19.5 Å². The topological polar surface area (TPSA) is 191 Å². The summed E-state index contributed by atoms with van der Waals surface area (Å²) >= 11 is 1.42. The summed E-state index contributed by atoms with van der Waals surface area (Å²) in [7, 11) is 3.22. The Balaban J connectivity index is 1.22. The summed E-state index contributed by atoms with van der Waals surface area (Å²) in [6, 6.07) is 4.00. The number of methoxy groups -OCH3 is 1. The Labute approximate surface area is 434 Å². The highest BCUT2D eigenvalue weighted by Gasteiger charge is 2.46. The molecule has 6 bridgehead atoms. The molecule has 0 spiro atoms. The standard InChI is InChI=1S/C55H75N9O8S/c1-13-39(45(56-14-2)35(6)71-12)47-41-30-53(7,8)33-72-52(69)55(70)22-16-26-64(59-55)51(68)42(29-38-32-73-49(57-38)36-18-19-43(40(41)28-36)63(47)15-3)58-48(66)46(34(4)5)60(11)50(67)37-21-27-61(31-37)44(65)20-23-54(9,10)62-24-17-25-62/h13-14,18-19,28,32,34-35,37,42,46,59,70H,1,15-17,21-22,24-27,29-31,33H2,2-12H3,(H,58,66)/b45-39+,56-14?/t35-,37-,42-,46-,55-/m0/s1. The summed E-state index contributed by atoms with van der Waals surface area (Å²) < 4.78 is 14.0. The normalized spacial score (nSPS) is 23.0. The molecule has 1 aromatic carbocycles. The van der Waals surface area contributed by atoms with Crippen molar-refractivity contribution in [2.75, 3.05) is 53.5 Å². The summed E-state index contributed by atoms with van der Waals surface area (Å²) in [5.41, 5.74) is 5.20. The molecular weight excluding hydrogens is 947 g/mol. The Bertz CT molecular complexity index is 2740. The summed E-state index contributed by atoms with van der Waals surface area (Å²) in [6.07, 6.45) is 5.36. The highest BCUT2D eigenvalue weighted by molar-refractivity contribution is 7.13. The van der Waals surface area contributed by atoms with Crippen LogP contribution in [0.25, 0.3) is 27.0 Å². The molecule has 3 fully saturated rings. The number of carbonyl (C=O) groups excluding carboxylic acids is 5. The molecule has 4 amide bonds. The fraction of sp³-hybridized carbons (Fsp3) is 0.582. The number of ether oxygens (including phenoxy) is 2. The molecule has 3 N–H and O–H groups in total. The van der Waals surface area contributed by atoms with Gasteiger partial charge >= 0.3 is 5.97 Å². The number of likely N-dealkylation sites (tertiary alicyclic amines) is 2. The van der Waals surface area contributed by atoms with Gasteiger partial charge in [0, 0.05) is 105 Å². The second kappa shape index (κ2) is 22.4. The number of hydrazine groups is 1. The van der Waals surface area contributed by atoms with E-state index >= 15 is 0 Å². The molecule has 0 unspecified atom stereocenters. The van der Waals surface area contributed by atoms with Crippen LogP contribution in [0.3, 0.4) is 0 Å². The number of carbonyl (C=O) groups is 5. The molecule has 18 heteroatoms. The maximum Gasteiger partial charge on any atom is 0.355 e. The van der Waals surface area contributed by atoms with Gasteiger partial charge in [0.25, 0.3) is 11.8 Å². The molecule has 17 nitrogen and oxygen atoms in total. The van der Waals surface area contributed by atoms with Gasteiger partial charge in [-0.1, -0.05) is 46.3 Å². The average molecular weight is 1020 g/mol. The molecule has 6 heterocycles. The number of esters is 1. The van der Waals surface area contributed by atoms with Crippen molar-refractivity contribution >= 4 is 63.6 Å². The van der Waals surface area contributed by atoms with Crippen molar-refractivity contribution in [1.82, 2.24) is 40.0 Å².